The van der Waals surface area contributed by atoms with Crippen LogP contribution in [0.15, 0.2) is 60.7 Å². The Kier molecular flexibility index (Phi) is 11.8. The summed E-state index contributed by atoms with van der Waals surface area (Å²) in [6.45, 7) is 2.52. The molecule has 130 valence electrons. The van der Waals surface area contributed by atoms with E-state index in [4.69, 9.17) is 0 Å². The Balaban J connectivity index is 0.000000240. The largest absolute Gasteiger partial charge is 0.566 e. The molecular formula is C20H27O3P. The highest BCUT2D eigenvalue weighted by Crippen LogP contribution is 2.17. The van der Waals surface area contributed by atoms with Crippen molar-refractivity contribution in [2.45, 2.75) is 45.4 Å². The van der Waals surface area contributed by atoms with Gasteiger partial charge in [-0.15, -0.1) is 4.52 Å². The molecule has 24 heavy (non-hydrogen) atoms. The lowest BCUT2D eigenvalue weighted by molar-refractivity contribution is -0.185. The zero-order chi connectivity index (χ0) is 17.5. The van der Waals surface area contributed by atoms with Gasteiger partial charge in [0.15, 0.2) is 0 Å². The van der Waals surface area contributed by atoms with E-state index in [-0.39, 0.29) is 0 Å². The molecule has 0 saturated carbocycles. The summed E-state index contributed by atoms with van der Waals surface area (Å²) in [5.41, 5.74) is 2.55. The highest BCUT2D eigenvalue weighted by Gasteiger charge is 1.99. The van der Waals surface area contributed by atoms with Crippen molar-refractivity contribution in [3.63, 3.8) is 0 Å². The van der Waals surface area contributed by atoms with Gasteiger partial charge >= 0.3 is 8.25 Å². The van der Waals surface area contributed by atoms with Crippen LogP contribution in [0, 0.1) is 0 Å². The minimum Gasteiger partial charge on any atom is -0.566 e. The Labute approximate surface area is 146 Å². The minimum absolute atomic E-state index is 0.352. The van der Waals surface area contributed by atoms with Crippen LogP contribution >= 0.6 is 8.25 Å². The van der Waals surface area contributed by atoms with E-state index < -0.39 is 8.25 Å². The highest BCUT2D eigenvalue weighted by atomic mass is 31.1. The summed E-state index contributed by atoms with van der Waals surface area (Å²) in [5, 5.41) is 0. The maximum Gasteiger partial charge on any atom is 0.488 e. The summed E-state index contributed by atoms with van der Waals surface area (Å²) >= 11 is 0. The van der Waals surface area contributed by atoms with E-state index in [0.717, 1.165) is 12.8 Å². The molecule has 3 nitrogen and oxygen atoms in total. The van der Waals surface area contributed by atoms with Gasteiger partial charge in [0.05, 0.1) is 0 Å². The molecular weight excluding hydrogens is 319 g/mol. The van der Waals surface area contributed by atoms with Crippen LogP contribution in [0.4, 0.5) is 0 Å². The van der Waals surface area contributed by atoms with Crippen molar-refractivity contribution < 1.29 is 14.0 Å². The van der Waals surface area contributed by atoms with E-state index in [1.54, 1.807) is 0 Å². The Bertz CT molecular complexity index is 506. The third kappa shape index (κ3) is 10.3. The van der Waals surface area contributed by atoms with Crippen LogP contribution in [0.5, 0.6) is 0 Å². The average Bonchev–Trinajstić information content (AvgIpc) is 2.63. The van der Waals surface area contributed by atoms with Crippen molar-refractivity contribution >= 4 is 8.25 Å². The summed E-state index contributed by atoms with van der Waals surface area (Å²) in [5.74, 6) is 0. The Hall–Kier alpha value is -1.54. The van der Waals surface area contributed by atoms with Crippen LogP contribution < -0.4 is 4.89 Å². The lowest BCUT2D eigenvalue weighted by atomic mass is 10.1. The number of unbranched alkanes of at least 4 members (excludes halogenated alkanes) is 5. The molecule has 0 spiro atoms. The first-order chi connectivity index (χ1) is 11.7. The average molecular weight is 346 g/mol. The topological polar surface area (TPSA) is 49.4 Å². The van der Waals surface area contributed by atoms with Crippen molar-refractivity contribution in [2.75, 3.05) is 6.61 Å². The van der Waals surface area contributed by atoms with E-state index >= 15 is 0 Å². The van der Waals surface area contributed by atoms with Gasteiger partial charge in [-0.25, -0.2) is 0 Å². The number of hydrogen-bond acceptors (Lipinski definition) is 3. The van der Waals surface area contributed by atoms with E-state index in [2.05, 4.69) is 60.0 Å². The maximum atomic E-state index is 9.95. The monoisotopic (exact) mass is 346 g/mol. The molecule has 0 aliphatic heterocycles. The van der Waals surface area contributed by atoms with Gasteiger partial charge < -0.3 is 4.89 Å². The molecule has 0 bridgehead atoms. The van der Waals surface area contributed by atoms with Crippen LogP contribution in [-0.2, 0) is 9.09 Å². The fourth-order valence-electron chi connectivity index (χ4n) is 2.28. The molecule has 1 unspecified atom stereocenters. The van der Waals surface area contributed by atoms with Gasteiger partial charge in [-0.2, -0.15) is 0 Å². The van der Waals surface area contributed by atoms with Crippen LogP contribution in [0.25, 0.3) is 11.1 Å². The molecule has 0 fully saturated rings. The van der Waals surface area contributed by atoms with Gasteiger partial charge in [-0.1, -0.05) is 99.7 Å². The zero-order valence-corrected chi connectivity index (χ0v) is 15.3. The molecule has 4 heteroatoms. The molecule has 1 atom stereocenters. The van der Waals surface area contributed by atoms with E-state index in [9.17, 15) is 9.46 Å². The van der Waals surface area contributed by atoms with Gasteiger partial charge in [-0.05, 0) is 22.1 Å². The zero-order valence-electron chi connectivity index (χ0n) is 14.4. The molecule has 2 rings (SSSR count). The van der Waals surface area contributed by atoms with Crippen LogP contribution in [-0.4, -0.2) is 6.61 Å². The predicted molar refractivity (Wildman–Crippen MR) is 98.8 cm³/mol. The first-order valence-corrected chi connectivity index (χ1v) is 9.71. The molecule has 2 aromatic rings. The third-order valence-electron chi connectivity index (χ3n) is 3.58. The summed E-state index contributed by atoms with van der Waals surface area (Å²) in [6.07, 6.45) is 6.88. The Morgan fingerprint density at radius 1 is 0.792 bits per heavy atom. The third-order valence-corrected chi connectivity index (χ3v) is 3.97. The predicted octanol–water partition coefficient (Wildman–Crippen LogP) is 5.73. The number of hydrogen-bond donors (Lipinski definition) is 0. The van der Waals surface area contributed by atoms with Gasteiger partial charge in [0.25, 0.3) is 0 Å². The van der Waals surface area contributed by atoms with E-state index in [1.807, 2.05) is 12.1 Å². The Morgan fingerprint density at radius 3 is 1.71 bits per heavy atom. The maximum absolute atomic E-state index is 9.95. The first-order valence-electron chi connectivity index (χ1n) is 8.61. The van der Waals surface area contributed by atoms with Gasteiger partial charge in [0.1, 0.15) is 6.61 Å². The van der Waals surface area contributed by atoms with Gasteiger partial charge in [-0.3, -0.25) is 0 Å². The standard InChI is InChI=1S/C12H10.C8H17O3P/c1-3-7-11(8-4-1)12-9-5-2-6-10-12;1-2-3-4-5-6-7-8-11-12(9)10/h1-10H;2-8H2,1H3. The molecule has 0 saturated heterocycles. The molecule has 0 radical (unpaired) electrons. The van der Waals surface area contributed by atoms with Gasteiger partial charge in [0.2, 0.25) is 0 Å². The van der Waals surface area contributed by atoms with Crippen molar-refractivity contribution in [1.82, 2.24) is 0 Å². The second kappa shape index (κ2) is 13.9. The molecule has 0 N–H and O–H groups in total. The second-order valence-electron chi connectivity index (χ2n) is 5.56. The first kappa shape index (κ1) is 20.5. The smallest absolute Gasteiger partial charge is 0.488 e. The molecule has 0 aliphatic carbocycles. The quantitative estimate of drug-likeness (QED) is 0.430. The summed E-state index contributed by atoms with van der Waals surface area (Å²) in [6, 6.07) is 20.8. The van der Waals surface area contributed by atoms with Crippen molar-refractivity contribution in [1.29, 1.82) is 0 Å². The van der Waals surface area contributed by atoms with Crippen LogP contribution in [0.1, 0.15) is 45.4 Å². The fraction of sp³-hybridized carbons (Fsp3) is 0.400. The summed E-state index contributed by atoms with van der Waals surface area (Å²) in [4.78, 5) is 9.95. The molecule has 0 heterocycles. The molecule has 2 aromatic carbocycles. The summed E-state index contributed by atoms with van der Waals surface area (Å²) in [7, 11) is -2.63. The van der Waals surface area contributed by atoms with E-state index in [0.29, 0.717) is 6.61 Å². The highest BCUT2D eigenvalue weighted by molar-refractivity contribution is 7.30. The van der Waals surface area contributed by atoms with Crippen molar-refractivity contribution in [3.05, 3.63) is 60.7 Å². The molecule has 0 amide bonds. The number of rotatable bonds is 9. The van der Waals surface area contributed by atoms with Crippen LogP contribution in [0.2, 0.25) is 0 Å². The normalized spacial score (nSPS) is 10.7. The Morgan fingerprint density at radius 2 is 1.25 bits per heavy atom. The number of benzene rings is 2. The van der Waals surface area contributed by atoms with Crippen molar-refractivity contribution in [2.24, 2.45) is 0 Å². The van der Waals surface area contributed by atoms with Crippen molar-refractivity contribution in [3.8, 4) is 11.1 Å². The molecule has 0 aromatic heterocycles. The SMILES string of the molecule is CCCCCCCCO[P+](=O)[O-].c1ccc(-c2ccccc2)cc1. The van der Waals surface area contributed by atoms with Crippen LogP contribution in [0.3, 0.4) is 0 Å². The summed E-state index contributed by atoms with van der Waals surface area (Å²) < 4.78 is 14.4. The van der Waals surface area contributed by atoms with Gasteiger partial charge in [0, 0.05) is 0 Å². The minimum atomic E-state index is -2.63. The lowest BCUT2D eigenvalue weighted by Crippen LogP contribution is -1.93. The van der Waals surface area contributed by atoms with E-state index in [1.165, 1.54) is 36.8 Å². The fourth-order valence-corrected chi connectivity index (χ4v) is 2.56. The lowest BCUT2D eigenvalue weighted by Gasteiger charge is -1.98. The second-order valence-corrected chi connectivity index (χ2v) is 6.26. The molecule has 0 aliphatic rings.